The molecule has 6 atom stereocenters. The van der Waals surface area contributed by atoms with Crippen molar-refractivity contribution < 1.29 is 46.3 Å². The molecule has 4 heterocycles. The van der Waals surface area contributed by atoms with Gasteiger partial charge in [-0.1, -0.05) is 47.3 Å². The lowest BCUT2D eigenvalue weighted by molar-refractivity contribution is -0.305. The molecule has 2 aromatic heterocycles. The van der Waals surface area contributed by atoms with Gasteiger partial charge in [0, 0.05) is 32.9 Å². The first-order valence-electron chi connectivity index (χ1n) is 12.6. The fourth-order valence-corrected chi connectivity index (χ4v) is 7.15. The Labute approximate surface area is 254 Å². The van der Waals surface area contributed by atoms with Crippen molar-refractivity contribution in [3.8, 4) is 11.3 Å². The van der Waals surface area contributed by atoms with Crippen LogP contribution in [0.1, 0.15) is 17.9 Å². The second-order valence-electron chi connectivity index (χ2n) is 9.57. The van der Waals surface area contributed by atoms with Crippen molar-refractivity contribution in [2.24, 2.45) is 0 Å². The smallest absolute Gasteiger partial charge is 0.356 e. The molecule has 2 fully saturated rings. The first-order valence-corrected chi connectivity index (χ1v) is 15.8. The van der Waals surface area contributed by atoms with E-state index < -0.39 is 61.4 Å². The maximum Gasteiger partial charge on any atom is 0.470 e. The summed E-state index contributed by atoms with van der Waals surface area (Å²) in [5.74, 6) is -4.48. The minimum absolute atomic E-state index is 0.0348. The number of hydrogen-bond acceptors (Lipinski definition) is 9. The molecular weight excluding hydrogens is 680 g/mol. The molecular formula is C26H21BrF3N4O7PS. The van der Waals surface area contributed by atoms with Crippen LogP contribution in [0.15, 0.2) is 76.5 Å². The molecule has 0 radical (unpaired) electrons. The Morgan fingerprint density at radius 1 is 1.07 bits per heavy atom. The molecule has 0 bridgehead atoms. The Hall–Kier alpha value is -2.66. The van der Waals surface area contributed by atoms with Crippen LogP contribution in [0.2, 0.25) is 0 Å². The van der Waals surface area contributed by atoms with E-state index in [1.165, 1.54) is 10.9 Å². The van der Waals surface area contributed by atoms with Gasteiger partial charge in [0.1, 0.15) is 35.5 Å². The zero-order valence-corrected chi connectivity index (χ0v) is 24.9. The molecule has 11 nitrogen and oxygen atoms in total. The van der Waals surface area contributed by atoms with Crippen LogP contribution in [0.4, 0.5) is 13.2 Å². The van der Waals surface area contributed by atoms with Crippen molar-refractivity contribution in [3.05, 3.63) is 94.6 Å². The lowest BCUT2D eigenvalue weighted by Crippen LogP contribution is -2.59. The Morgan fingerprint density at radius 3 is 2.51 bits per heavy atom. The SMILES string of the molecule is O=P(O)(O)OC1[C@@H](Sc2cncc(Br)c2)OC2COC(c3ccccc3)O[C@@H]2[C@@H]1n1cc(-c2cc(F)c(F)c(F)c2)nn1. The topological polar surface area (TPSA) is 138 Å². The molecule has 17 heteroatoms. The van der Waals surface area contributed by atoms with Gasteiger partial charge in [0.2, 0.25) is 0 Å². The van der Waals surface area contributed by atoms with E-state index in [1.54, 1.807) is 42.7 Å². The van der Waals surface area contributed by atoms with Gasteiger partial charge in [0.05, 0.1) is 12.8 Å². The van der Waals surface area contributed by atoms with Crippen molar-refractivity contribution in [2.45, 2.75) is 41.0 Å². The normalized spacial score (nSPS) is 25.8. The van der Waals surface area contributed by atoms with Crippen molar-refractivity contribution >= 4 is 35.5 Å². The van der Waals surface area contributed by atoms with Crippen LogP contribution in [0, 0.1) is 17.5 Å². The van der Waals surface area contributed by atoms with Gasteiger partial charge in [0.25, 0.3) is 0 Å². The van der Waals surface area contributed by atoms with Gasteiger partial charge >= 0.3 is 7.82 Å². The lowest BCUT2D eigenvalue weighted by Gasteiger charge is -2.48. The monoisotopic (exact) mass is 700 g/mol. The Bertz CT molecular complexity index is 1650. The van der Waals surface area contributed by atoms with E-state index in [2.05, 4.69) is 31.2 Å². The molecule has 4 aromatic rings. The van der Waals surface area contributed by atoms with Crippen LogP contribution >= 0.6 is 35.5 Å². The largest absolute Gasteiger partial charge is 0.470 e. The molecule has 0 amide bonds. The number of ether oxygens (including phenoxy) is 3. The fourth-order valence-electron chi connectivity index (χ4n) is 4.86. The van der Waals surface area contributed by atoms with Crippen molar-refractivity contribution in [1.82, 2.24) is 20.0 Å². The molecule has 3 unspecified atom stereocenters. The van der Waals surface area contributed by atoms with Crippen LogP contribution in [0.25, 0.3) is 11.3 Å². The van der Waals surface area contributed by atoms with Crippen LogP contribution in [0.3, 0.4) is 0 Å². The summed E-state index contributed by atoms with van der Waals surface area (Å²) in [4.78, 5) is 24.6. The maximum atomic E-state index is 14.0. The lowest BCUT2D eigenvalue weighted by atomic mass is 9.96. The second-order valence-corrected chi connectivity index (χ2v) is 12.8. The average molecular weight is 701 g/mol. The van der Waals surface area contributed by atoms with Gasteiger partial charge in [-0.25, -0.2) is 22.4 Å². The maximum absolute atomic E-state index is 14.0. The summed E-state index contributed by atoms with van der Waals surface area (Å²) < 4.78 is 79.6. The van der Waals surface area contributed by atoms with E-state index in [0.717, 1.165) is 23.9 Å². The van der Waals surface area contributed by atoms with Gasteiger partial charge in [0.15, 0.2) is 23.7 Å². The van der Waals surface area contributed by atoms with E-state index in [4.69, 9.17) is 18.7 Å². The van der Waals surface area contributed by atoms with Crippen LogP contribution < -0.4 is 0 Å². The number of nitrogens with zero attached hydrogens (tertiary/aromatic N) is 4. The highest BCUT2D eigenvalue weighted by Crippen LogP contribution is 2.50. The highest BCUT2D eigenvalue weighted by molar-refractivity contribution is 9.10. The number of phosphoric ester groups is 1. The molecule has 0 spiro atoms. The third-order valence-corrected chi connectivity index (χ3v) is 8.73. The minimum Gasteiger partial charge on any atom is -0.356 e. The van der Waals surface area contributed by atoms with E-state index in [0.29, 0.717) is 14.9 Å². The molecule has 226 valence electrons. The van der Waals surface area contributed by atoms with Gasteiger partial charge in [-0.15, -0.1) is 5.10 Å². The quantitative estimate of drug-likeness (QED) is 0.195. The average Bonchev–Trinajstić information content (AvgIpc) is 3.45. The number of hydrogen-bond donors (Lipinski definition) is 2. The number of pyridine rings is 1. The van der Waals surface area contributed by atoms with Gasteiger partial charge in [-0.2, -0.15) is 0 Å². The minimum atomic E-state index is -5.14. The summed E-state index contributed by atoms with van der Waals surface area (Å²) in [6, 6.07) is 11.2. The summed E-state index contributed by atoms with van der Waals surface area (Å²) in [6.07, 6.45) is 0.408. The number of thioether (sulfide) groups is 1. The summed E-state index contributed by atoms with van der Waals surface area (Å²) in [6.45, 7) is 0.0348. The Balaban J connectivity index is 1.42. The fraction of sp³-hybridized carbons (Fsp3) is 0.269. The zero-order valence-electron chi connectivity index (χ0n) is 21.6. The highest BCUT2D eigenvalue weighted by Gasteiger charge is 2.54. The van der Waals surface area contributed by atoms with Gasteiger partial charge in [-0.3, -0.25) is 9.51 Å². The number of fused-ring (bicyclic) bond motifs is 1. The zero-order chi connectivity index (χ0) is 30.3. The van der Waals surface area contributed by atoms with E-state index in [1.807, 2.05) is 6.07 Å². The highest BCUT2D eigenvalue weighted by atomic mass is 79.9. The summed E-state index contributed by atoms with van der Waals surface area (Å²) in [7, 11) is -5.14. The Morgan fingerprint density at radius 2 is 1.81 bits per heavy atom. The summed E-state index contributed by atoms with van der Waals surface area (Å²) >= 11 is 4.44. The molecule has 0 saturated carbocycles. The molecule has 43 heavy (non-hydrogen) atoms. The number of aromatic nitrogens is 4. The Kier molecular flexibility index (Phi) is 8.75. The summed E-state index contributed by atoms with van der Waals surface area (Å²) in [5, 5.41) is 8.11. The molecule has 2 aliphatic rings. The number of rotatable bonds is 7. The molecule has 2 aliphatic heterocycles. The van der Waals surface area contributed by atoms with Gasteiger partial charge in [-0.05, 0) is 34.1 Å². The standard InChI is InChI=1S/C26H21BrF3N4O7PS/c27-15-8-16(10-31-9-15)43-26-24(41-42(35,36)37)22(23-20(39-26)12-38-25(40-23)13-4-2-1-3-5-13)34-11-19(32-33-34)14-6-17(28)21(30)18(29)7-14/h1-11,20,22-26H,12H2,(H2,35,36,37)/t20?,22-,23-,24?,25?,26+/m0/s1. The molecule has 2 aromatic carbocycles. The predicted octanol–water partition coefficient (Wildman–Crippen LogP) is 5.17. The van der Waals surface area contributed by atoms with E-state index >= 15 is 0 Å². The molecule has 2 N–H and O–H groups in total. The number of benzene rings is 2. The first-order chi connectivity index (χ1) is 20.6. The van der Waals surface area contributed by atoms with Crippen LogP contribution in [-0.2, 0) is 23.3 Å². The molecule has 6 rings (SSSR count). The van der Waals surface area contributed by atoms with Crippen LogP contribution in [-0.4, -0.2) is 60.1 Å². The summed E-state index contributed by atoms with van der Waals surface area (Å²) in [5.41, 5.74) is -0.521. The third-order valence-electron chi connectivity index (χ3n) is 6.67. The predicted molar refractivity (Wildman–Crippen MR) is 148 cm³/mol. The van der Waals surface area contributed by atoms with Crippen LogP contribution in [0.5, 0.6) is 0 Å². The number of phosphoric acid groups is 1. The van der Waals surface area contributed by atoms with E-state index in [-0.39, 0.29) is 17.9 Å². The van der Waals surface area contributed by atoms with Crippen molar-refractivity contribution in [2.75, 3.05) is 6.61 Å². The van der Waals surface area contributed by atoms with Crippen molar-refractivity contribution in [1.29, 1.82) is 0 Å². The molecule has 0 aliphatic carbocycles. The molecule has 2 saturated heterocycles. The first kappa shape index (κ1) is 30.4. The van der Waals surface area contributed by atoms with Crippen molar-refractivity contribution in [3.63, 3.8) is 0 Å². The third kappa shape index (κ3) is 6.72. The van der Waals surface area contributed by atoms with Gasteiger partial charge < -0.3 is 24.0 Å². The van der Waals surface area contributed by atoms with E-state index in [9.17, 15) is 27.5 Å². The second kappa shape index (κ2) is 12.4. The number of halogens is 4.